The summed E-state index contributed by atoms with van der Waals surface area (Å²) in [7, 11) is 0. The molecule has 0 spiro atoms. The fraction of sp³-hybridized carbons (Fsp3) is 0.179. The summed E-state index contributed by atoms with van der Waals surface area (Å²) in [6, 6.07) is 20.5. The van der Waals surface area contributed by atoms with E-state index in [9.17, 15) is 10.1 Å². The second-order valence-electron chi connectivity index (χ2n) is 8.94. The van der Waals surface area contributed by atoms with Gasteiger partial charge in [0.2, 0.25) is 17.5 Å². The number of nitrogens with two attached hydrogens (primary N) is 1. The smallest absolute Gasteiger partial charge is 0.379 e. The van der Waals surface area contributed by atoms with E-state index in [1.165, 1.54) is 17.9 Å². The Hall–Kier alpha value is -4.77. The van der Waals surface area contributed by atoms with Crippen molar-refractivity contribution < 1.29 is 18.7 Å². The summed E-state index contributed by atoms with van der Waals surface area (Å²) in [4.78, 5) is 12.7. The lowest BCUT2D eigenvalue weighted by Gasteiger charge is -2.25. The number of allylic oxidation sites excluding steroid dienone is 1. The van der Waals surface area contributed by atoms with Gasteiger partial charge in [-0.2, -0.15) is 5.26 Å². The molecule has 2 aromatic carbocycles. The first-order valence-corrected chi connectivity index (χ1v) is 11.6. The summed E-state index contributed by atoms with van der Waals surface area (Å²) in [5, 5.41) is 17.4. The quantitative estimate of drug-likeness (QED) is 0.283. The van der Waals surface area contributed by atoms with E-state index in [4.69, 9.17) is 19.6 Å². The first-order chi connectivity index (χ1) is 17.5. The van der Waals surface area contributed by atoms with E-state index in [0.29, 0.717) is 22.7 Å². The lowest BCUT2D eigenvalue weighted by molar-refractivity contribution is 0.0699. The fourth-order valence-corrected chi connectivity index (χ4v) is 4.41. The van der Waals surface area contributed by atoms with Gasteiger partial charge in [0.1, 0.15) is 17.4 Å². The highest BCUT2D eigenvalue weighted by molar-refractivity contribution is 5.88. The number of nitrogens with one attached hydrogen (secondary N) is 1. The second-order valence-corrected chi connectivity index (χ2v) is 8.94. The molecule has 0 fully saturated rings. The van der Waals surface area contributed by atoms with Crippen molar-refractivity contribution in [2.24, 2.45) is 11.7 Å². The van der Waals surface area contributed by atoms with Crippen molar-refractivity contribution in [3.8, 4) is 29.0 Å². The zero-order chi connectivity index (χ0) is 25.2. The van der Waals surface area contributed by atoms with Crippen LogP contribution in [0, 0.1) is 17.2 Å². The number of nitrogens with zero attached hydrogens (tertiary/aromatic N) is 2. The predicted octanol–water partition coefficient (Wildman–Crippen LogP) is 5.31. The van der Waals surface area contributed by atoms with E-state index in [-0.39, 0.29) is 28.8 Å². The molecule has 2 aromatic heterocycles. The number of rotatable bonds is 6. The standard InChI is InChI=1S/C28H24N4O4/c1-16(2)14-17-9-11-18(12-10-17)25-24-23(20(15-29)26(30)36-27(24)32-31-25)19-6-3-4-7-21(19)35-28(33)22-8-5-13-34-22/h3-13,16,23H,14,30H2,1-2H3,(H,31,32)/t23-/m1/s1. The van der Waals surface area contributed by atoms with Crippen molar-refractivity contribution in [1.82, 2.24) is 10.2 Å². The molecule has 1 aliphatic rings. The number of benzene rings is 2. The Morgan fingerprint density at radius 3 is 2.64 bits per heavy atom. The number of hydrogen-bond acceptors (Lipinski definition) is 7. The van der Waals surface area contributed by atoms with Gasteiger partial charge in [0, 0.05) is 11.1 Å². The monoisotopic (exact) mass is 480 g/mol. The molecule has 1 aliphatic heterocycles. The number of esters is 1. The molecule has 5 rings (SSSR count). The minimum atomic E-state index is -0.677. The summed E-state index contributed by atoms with van der Waals surface area (Å²) in [6.45, 7) is 4.36. The third kappa shape index (κ3) is 4.23. The second kappa shape index (κ2) is 9.47. The number of ether oxygens (including phenoxy) is 2. The number of nitriles is 1. The molecule has 180 valence electrons. The average molecular weight is 481 g/mol. The summed E-state index contributed by atoms with van der Waals surface area (Å²) >= 11 is 0. The van der Waals surface area contributed by atoms with Gasteiger partial charge in [-0.15, -0.1) is 5.10 Å². The lowest BCUT2D eigenvalue weighted by Crippen LogP contribution is -2.21. The first-order valence-electron chi connectivity index (χ1n) is 11.6. The van der Waals surface area contributed by atoms with Crippen LogP contribution in [0.2, 0.25) is 0 Å². The number of carbonyl (C=O) groups excluding carboxylic acids is 1. The van der Waals surface area contributed by atoms with Gasteiger partial charge in [-0.1, -0.05) is 56.3 Å². The number of carbonyl (C=O) groups is 1. The predicted molar refractivity (Wildman–Crippen MR) is 132 cm³/mol. The van der Waals surface area contributed by atoms with E-state index < -0.39 is 11.9 Å². The first kappa shape index (κ1) is 23.0. The summed E-state index contributed by atoms with van der Waals surface area (Å²) < 4.78 is 16.6. The molecular weight excluding hydrogens is 456 g/mol. The van der Waals surface area contributed by atoms with Gasteiger partial charge in [-0.3, -0.25) is 5.10 Å². The van der Waals surface area contributed by atoms with E-state index in [1.807, 2.05) is 12.1 Å². The van der Waals surface area contributed by atoms with Crippen LogP contribution in [0.25, 0.3) is 11.3 Å². The van der Waals surface area contributed by atoms with Gasteiger partial charge in [0.25, 0.3) is 0 Å². The van der Waals surface area contributed by atoms with Crippen LogP contribution in [-0.2, 0) is 6.42 Å². The summed E-state index contributed by atoms with van der Waals surface area (Å²) in [6.07, 6.45) is 2.37. The van der Waals surface area contributed by atoms with Crippen molar-refractivity contribution in [2.75, 3.05) is 0 Å². The molecule has 1 atom stereocenters. The van der Waals surface area contributed by atoms with Crippen LogP contribution in [0.4, 0.5) is 0 Å². The fourth-order valence-electron chi connectivity index (χ4n) is 4.41. The Balaban J connectivity index is 1.60. The molecule has 0 saturated heterocycles. The van der Waals surface area contributed by atoms with Crippen LogP contribution in [0.1, 0.15) is 47.0 Å². The SMILES string of the molecule is CC(C)Cc1ccc(-c2[nH]nc3c2[C@H](c2ccccc2OC(=O)c2ccco2)C(C#N)=C(N)O3)cc1. The van der Waals surface area contributed by atoms with Gasteiger partial charge in [-0.05, 0) is 36.1 Å². The third-order valence-corrected chi connectivity index (χ3v) is 5.98. The van der Waals surface area contributed by atoms with Crippen LogP contribution < -0.4 is 15.2 Å². The molecule has 3 heterocycles. The number of fused-ring (bicyclic) bond motifs is 1. The Bertz CT molecular complexity index is 1470. The minimum Gasteiger partial charge on any atom is -0.457 e. The van der Waals surface area contributed by atoms with E-state index in [1.54, 1.807) is 30.3 Å². The third-order valence-electron chi connectivity index (χ3n) is 5.98. The zero-order valence-corrected chi connectivity index (χ0v) is 19.8. The zero-order valence-electron chi connectivity index (χ0n) is 19.8. The number of para-hydroxylation sites is 1. The number of aromatic nitrogens is 2. The van der Waals surface area contributed by atoms with Gasteiger partial charge in [-0.25, -0.2) is 4.79 Å². The van der Waals surface area contributed by atoms with E-state index >= 15 is 0 Å². The molecule has 0 unspecified atom stereocenters. The highest BCUT2D eigenvalue weighted by Gasteiger charge is 2.37. The van der Waals surface area contributed by atoms with Crippen LogP contribution in [0.15, 0.2) is 82.8 Å². The molecule has 3 N–H and O–H groups in total. The van der Waals surface area contributed by atoms with Crippen LogP contribution in [0.5, 0.6) is 11.6 Å². The van der Waals surface area contributed by atoms with Crippen molar-refractivity contribution >= 4 is 5.97 Å². The van der Waals surface area contributed by atoms with Crippen LogP contribution in [-0.4, -0.2) is 16.2 Å². The Morgan fingerprint density at radius 2 is 1.94 bits per heavy atom. The van der Waals surface area contributed by atoms with Gasteiger partial charge < -0.3 is 19.6 Å². The highest BCUT2D eigenvalue weighted by atomic mass is 16.5. The van der Waals surface area contributed by atoms with Gasteiger partial charge in [0.15, 0.2) is 0 Å². The topological polar surface area (TPSA) is 127 Å². The molecule has 0 amide bonds. The molecular formula is C28H24N4O4. The Labute approximate surface area is 208 Å². The normalized spacial score (nSPS) is 14.8. The number of aromatic amines is 1. The molecule has 8 nitrogen and oxygen atoms in total. The van der Waals surface area contributed by atoms with Crippen LogP contribution >= 0.6 is 0 Å². The minimum absolute atomic E-state index is 0.0486. The Kier molecular flexibility index (Phi) is 6.05. The van der Waals surface area contributed by atoms with Gasteiger partial charge in [0.05, 0.1) is 23.4 Å². The maximum absolute atomic E-state index is 12.7. The van der Waals surface area contributed by atoms with Crippen LogP contribution in [0.3, 0.4) is 0 Å². The lowest BCUT2D eigenvalue weighted by atomic mass is 9.82. The highest BCUT2D eigenvalue weighted by Crippen LogP contribution is 2.47. The van der Waals surface area contributed by atoms with Crippen molar-refractivity contribution in [3.05, 3.63) is 101 Å². The van der Waals surface area contributed by atoms with Crippen molar-refractivity contribution in [2.45, 2.75) is 26.2 Å². The van der Waals surface area contributed by atoms with E-state index in [2.05, 4.69) is 42.2 Å². The summed E-state index contributed by atoms with van der Waals surface area (Å²) in [5.41, 5.74) is 10.3. The largest absolute Gasteiger partial charge is 0.457 e. The molecule has 8 heteroatoms. The maximum Gasteiger partial charge on any atom is 0.379 e. The molecule has 36 heavy (non-hydrogen) atoms. The van der Waals surface area contributed by atoms with Crippen molar-refractivity contribution in [3.63, 3.8) is 0 Å². The maximum atomic E-state index is 12.7. The molecule has 4 aromatic rings. The van der Waals surface area contributed by atoms with Crippen molar-refractivity contribution in [1.29, 1.82) is 5.26 Å². The molecule has 0 radical (unpaired) electrons. The Morgan fingerprint density at radius 1 is 1.17 bits per heavy atom. The molecule has 0 aliphatic carbocycles. The summed E-state index contributed by atoms with van der Waals surface area (Å²) in [5.74, 6) is -0.223. The van der Waals surface area contributed by atoms with E-state index in [0.717, 1.165) is 12.0 Å². The molecule has 0 saturated carbocycles. The average Bonchev–Trinajstić information content (AvgIpc) is 3.54. The number of hydrogen-bond donors (Lipinski definition) is 2. The molecule has 0 bridgehead atoms. The number of furan rings is 1. The number of H-pyrrole nitrogens is 1. The van der Waals surface area contributed by atoms with Gasteiger partial charge >= 0.3 is 5.97 Å².